The molecule has 0 radical (unpaired) electrons. The monoisotopic (exact) mass is 284 g/mol. The second-order valence-electron chi connectivity index (χ2n) is 5.18. The molecule has 0 atom stereocenters. The average molecular weight is 284 g/mol. The van der Waals surface area contributed by atoms with Gasteiger partial charge in [-0.1, -0.05) is 18.2 Å². The molecule has 0 unspecified atom stereocenters. The fourth-order valence-electron chi connectivity index (χ4n) is 2.00. The lowest BCUT2D eigenvalue weighted by atomic mass is 10.1. The van der Waals surface area contributed by atoms with Gasteiger partial charge >= 0.3 is 0 Å². The first kappa shape index (κ1) is 15.0. The standard InChI is InChI=1S/C16H20N4O/c1-11-7-5-6-8-13(11)16(21)17-10-14-18-12(2)9-15(19-14)20(3)4/h5-9H,10H2,1-4H3,(H,17,21). The largest absolute Gasteiger partial charge is 0.363 e. The molecular formula is C16H20N4O. The quantitative estimate of drug-likeness (QED) is 0.934. The molecule has 1 aromatic carbocycles. The fourth-order valence-corrected chi connectivity index (χ4v) is 2.00. The Hall–Kier alpha value is -2.43. The summed E-state index contributed by atoms with van der Waals surface area (Å²) in [4.78, 5) is 22.9. The SMILES string of the molecule is Cc1cc(N(C)C)nc(CNC(=O)c2ccccc2C)n1. The molecule has 0 bridgehead atoms. The molecule has 2 aromatic rings. The van der Waals surface area contributed by atoms with Crippen molar-refractivity contribution < 1.29 is 4.79 Å². The Labute approximate surface area is 125 Å². The van der Waals surface area contributed by atoms with Gasteiger partial charge in [-0.2, -0.15) is 0 Å². The molecule has 1 N–H and O–H groups in total. The van der Waals surface area contributed by atoms with Gasteiger partial charge in [0, 0.05) is 31.4 Å². The van der Waals surface area contributed by atoms with Gasteiger partial charge in [0.25, 0.3) is 5.91 Å². The Balaban J connectivity index is 2.10. The van der Waals surface area contributed by atoms with E-state index in [1.54, 1.807) is 0 Å². The third-order valence-electron chi connectivity index (χ3n) is 3.14. The van der Waals surface area contributed by atoms with Gasteiger partial charge in [0.2, 0.25) is 0 Å². The maximum Gasteiger partial charge on any atom is 0.251 e. The smallest absolute Gasteiger partial charge is 0.251 e. The minimum Gasteiger partial charge on any atom is -0.363 e. The van der Waals surface area contributed by atoms with E-state index in [0.29, 0.717) is 17.9 Å². The average Bonchev–Trinajstić information content (AvgIpc) is 2.44. The van der Waals surface area contributed by atoms with Gasteiger partial charge in [-0.3, -0.25) is 4.79 Å². The molecule has 0 aliphatic rings. The second-order valence-corrected chi connectivity index (χ2v) is 5.18. The molecule has 0 saturated heterocycles. The normalized spacial score (nSPS) is 10.3. The summed E-state index contributed by atoms with van der Waals surface area (Å²) in [7, 11) is 3.86. The van der Waals surface area contributed by atoms with Crippen molar-refractivity contribution in [3.8, 4) is 0 Å². The first-order valence-electron chi connectivity index (χ1n) is 6.83. The zero-order valence-corrected chi connectivity index (χ0v) is 12.8. The third kappa shape index (κ3) is 3.78. The van der Waals surface area contributed by atoms with Crippen LogP contribution in [0, 0.1) is 13.8 Å². The van der Waals surface area contributed by atoms with Crippen LogP contribution in [0.3, 0.4) is 0 Å². The predicted octanol–water partition coefficient (Wildman–Crippen LogP) is 2.09. The Morgan fingerprint density at radius 1 is 1.19 bits per heavy atom. The third-order valence-corrected chi connectivity index (χ3v) is 3.14. The maximum absolute atomic E-state index is 12.2. The highest BCUT2D eigenvalue weighted by molar-refractivity contribution is 5.95. The van der Waals surface area contributed by atoms with Crippen molar-refractivity contribution in [1.29, 1.82) is 0 Å². The van der Waals surface area contributed by atoms with Crippen LogP contribution in [0.15, 0.2) is 30.3 Å². The van der Waals surface area contributed by atoms with E-state index in [1.165, 1.54) is 0 Å². The molecule has 1 heterocycles. The Morgan fingerprint density at radius 2 is 1.90 bits per heavy atom. The molecule has 21 heavy (non-hydrogen) atoms. The van der Waals surface area contributed by atoms with Crippen LogP contribution in [0.4, 0.5) is 5.82 Å². The van der Waals surface area contributed by atoms with E-state index in [-0.39, 0.29) is 5.91 Å². The molecule has 110 valence electrons. The van der Waals surface area contributed by atoms with Crippen LogP contribution >= 0.6 is 0 Å². The number of carbonyl (C=O) groups excluding carboxylic acids is 1. The second kappa shape index (κ2) is 6.35. The van der Waals surface area contributed by atoms with E-state index in [1.807, 2.05) is 63.2 Å². The van der Waals surface area contributed by atoms with Crippen LogP contribution in [0.1, 0.15) is 27.4 Å². The number of nitrogens with one attached hydrogen (secondary N) is 1. The molecule has 1 amide bonds. The molecule has 0 aliphatic carbocycles. The number of aryl methyl sites for hydroxylation is 2. The first-order chi connectivity index (χ1) is 9.97. The Kier molecular flexibility index (Phi) is 4.52. The lowest BCUT2D eigenvalue weighted by Crippen LogP contribution is -2.25. The van der Waals surface area contributed by atoms with E-state index >= 15 is 0 Å². The summed E-state index contributed by atoms with van der Waals surface area (Å²) in [5.41, 5.74) is 2.51. The number of rotatable bonds is 4. The van der Waals surface area contributed by atoms with Crippen LogP contribution < -0.4 is 10.2 Å². The van der Waals surface area contributed by atoms with Gasteiger partial charge in [-0.25, -0.2) is 9.97 Å². The number of aromatic nitrogens is 2. The number of hydrogen-bond acceptors (Lipinski definition) is 4. The van der Waals surface area contributed by atoms with Crippen LogP contribution in [-0.4, -0.2) is 30.0 Å². The molecule has 5 nitrogen and oxygen atoms in total. The minimum absolute atomic E-state index is 0.107. The molecular weight excluding hydrogens is 264 g/mol. The number of anilines is 1. The van der Waals surface area contributed by atoms with Crippen molar-refractivity contribution in [2.75, 3.05) is 19.0 Å². The van der Waals surface area contributed by atoms with Gasteiger partial charge in [-0.05, 0) is 25.5 Å². The van der Waals surface area contributed by atoms with Gasteiger partial charge in [-0.15, -0.1) is 0 Å². The first-order valence-corrected chi connectivity index (χ1v) is 6.83. The summed E-state index contributed by atoms with van der Waals surface area (Å²) in [6.07, 6.45) is 0. The lowest BCUT2D eigenvalue weighted by molar-refractivity contribution is 0.0949. The van der Waals surface area contributed by atoms with Gasteiger partial charge in [0.05, 0.1) is 6.54 Å². The van der Waals surface area contributed by atoms with E-state index in [9.17, 15) is 4.79 Å². The number of nitrogens with zero attached hydrogens (tertiary/aromatic N) is 3. The molecule has 5 heteroatoms. The topological polar surface area (TPSA) is 58.1 Å². The van der Waals surface area contributed by atoms with Gasteiger partial charge in [0.1, 0.15) is 11.6 Å². The van der Waals surface area contributed by atoms with Crippen molar-refractivity contribution in [1.82, 2.24) is 15.3 Å². The highest BCUT2D eigenvalue weighted by atomic mass is 16.1. The number of amides is 1. The summed E-state index contributed by atoms with van der Waals surface area (Å²) in [6, 6.07) is 9.41. The van der Waals surface area contributed by atoms with E-state index in [0.717, 1.165) is 17.1 Å². The molecule has 0 saturated carbocycles. The van der Waals surface area contributed by atoms with Crippen molar-refractivity contribution in [2.45, 2.75) is 20.4 Å². The summed E-state index contributed by atoms with van der Waals surface area (Å²) < 4.78 is 0. The molecule has 2 rings (SSSR count). The zero-order chi connectivity index (χ0) is 15.4. The molecule has 1 aromatic heterocycles. The van der Waals surface area contributed by atoms with E-state index < -0.39 is 0 Å². The van der Waals surface area contributed by atoms with Crippen molar-refractivity contribution in [3.63, 3.8) is 0 Å². The van der Waals surface area contributed by atoms with E-state index in [4.69, 9.17) is 0 Å². The fraction of sp³-hybridized carbons (Fsp3) is 0.312. The highest BCUT2D eigenvalue weighted by Crippen LogP contribution is 2.10. The number of hydrogen-bond donors (Lipinski definition) is 1. The number of carbonyl (C=O) groups is 1. The van der Waals surface area contributed by atoms with Gasteiger partial charge in [0.15, 0.2) is 0 Å². The Morgan fingerprint density at radius 3 is 2.57 bits per heavy atom. The molecule has 0 fully saturated rings. The highest BCUT2D eigenvalue weighted by Gasteiger charge is 2.09. The summed E-state index contributed by atoms with van der Waals surface area (Å²) in [5, 5.41) is 2.87. The van der Waals surface area contributed by atoms with Crippen LogP contribution in [0.5, 0.6) is 0 Å². The maximum atomic E-state index is 12.2. The lowest BCUT2D eigenvalue weighted by Gasteiger charge is -2.13. The molecule has 0 aliphatic heterocycles. The van der Waals surface area contributed by atoms with Crippen LogP contribution in [-0.2, 0) is 6.54 Å². The summed E-state index contributed by atoms with van der Waals surface area (Å²) in [6.45, 7) is 4.15. The van der Waals surface area contributed by atoms with Crippen molar-refractivity contribution in [3.05, 3.63) is 53.0 Å². The molecule has 0 spiro atoms. The Bertz CT molecular complexity index is 652. The zero-order valence-electron chi connectivity index (χ0n) is 12.8. The number of benzene rings is 1. The van der Waals surface area contributed by atoms with Crippen molar-refractivity contribution in [2.24, 2.45) is 0 Å². The van der Waals surface area contributed by atoms with Crippen LogP contribution in [0.2, 0.25) is 0 Å². The van der Waals surface area contributed by atoms with Crippen molar-refractivity contribution >= 4 is 11.7 Å². The van der Waals surface area contributed by atoms with Crippen LogP contribution in [0.25, 0.3) is 0 Å². The van der Waals surface area contributed by atoms with E-state index in [2.05, 4.69) is 15.3 Å². The summed E-state index contributed by atoms with van der Waals surface area (Å²) >= 11 is 0. The predicted molar refractivity (Wildman–Crippen MR) is 83.4 cm³/mol. The minimum atomic E-state index is -0.107. The summed E-state index contributed by atoms with van der Waals surface area (Å²) in [5.74, 6) is 1.34. The van der Waals surface area contributed by atoms with Gasteiger partial charge < -0.3 is 10.2 Å².